The second kappa shape index (κ2) is 27.8. The fourth-order valence-electron chi connectivity index (χ4n) is 3.74. The van der Waals surface area contributed by atoms with E-state index in [9.17, 15) is 42.2 Å². The summed E-state index contributed by atoms with van der Waals surface area (Å²) in [5, 5.41) is 21.0. The fraction of sp³-hybridized carbons (Fsp3) is 0.0769. The van der Waals surface area contributed by atoms with Crippen LogP contribution in [0.1, 0.15) is 5.56 Å². The number of nitrogens with two attached hydrogens (primary N) is 4. The minimum Gasteiger partial charge on any atom is -0.496 e. The van der Waals surface area contributed by atoms with Crippen molar-refractivity contribution in [3.8, 4) is 11.5 Å². The third kappa shape index (κ3) is 22.8. The van der Waals surface area contributed by atoms with E-state index in [1.807, 2.05) is 25.1 Å². The number of nitrogens with zero attached hydrogens (tertiary/aromatic N) is 2. The number of anilines is 4. The molecule has 8 N–H and O–H groups in total. The number of nitrogen functional groups attached to an aromatic ring is 4. The Morgan fingerprint density at radius 1 is 0.571 bits per heavy atom. The van der Waals surface area contributed by atoms with E-state index in [1.54, 1.807) is 12.1 Å². The van der Waals surface area contributed by atoms with Crippen molar-refractivity contribution in [2.75, 3.05) is 30.0 Å². The highest BCUT2D eigenvalue weighted by molar-refractivity contribution is 9.11. The quantitative estimate of drug-likeness (QED) is 0.0568. The maximum Gasteiger partial charge on any atom is 0.573 e. The number of non-ortho nitro benzene ring substituents is 2. The highest BCUT2D eigenvalue weighted by atomic mass is 79.9. The minimum absolute atomic E-state index is 0.0290. The molecule has 0 saturated carbocycles. The number of nitro benzene ring substituents is 2. The summed E-state index contributed by atoms with van der Waals surface area (Å²) in [6.45, 7) is 2.03. The molecule has 12 nitrogen and oxygen atoms in total. The molecular weight excluding hydrogens is 1260 g/mol. The van der Waals surface area contributed by atoms with Gasteiger partial charge in [0, 0.05) is 53.5 Å². The van der Waals surface area contributed by atoms with E-state index >= 15 is 0 Å². The van der Waals surface area contributed by atoms with Crippen LogP contribution in [0.25, 0.3) is 0 Å². The molecule has 6 rings (SSSR count). The predicted octanol–water partition coefficient (Wildman–Crippen LogP) is 15.0. The minimum atomic E-state index is -4.71. The van der Waals surface area contributed by atoms with Gasteiger partial charge in [0.15, 0.2) is 5.75 Å². The Morgan fingerprint density at radius 2 is 1.03 bits per heavy atom. The maximum absolute atomic E-state index is 12.4. The second-order valence-electron chi connectivity index (χ2n) is 11.5. The Bertz CT molecular complexity index is 2360. The lowest BCUT2D eigenvalue weighted by Gasteiger charge is -2.10. The number of benzene rings is 6. The summed E-state index contributed by atoms with van der Waals surface area (Å²) in [5.41, 5.74) is 24.1. The largest absolute Gasteiger partial charge is 0.573 e. The summed E-state index contributed by atoms with van der Waals surface area (Å²) in [6, 6.07) is 27.0. The monoisotopic (exact) mass is 1280 g/mol. The van der Waals surface area contributed by atoms with E-state index in [-0.39, 0.29) is 34.4 Å². The Kier molecular flexibility index (Phi) is 25.1. The van der Waals surface area contributed by atoms with E-state index in [2.05, 4.69) is 100 Å². The molecule has 0 saturated heterocycles. The zero-order valence-corrected chi connectivity index (χ0v) is 42.4. The normalized spacial score (nSPS) is 9.94. The van der Waals surface area contributed by atoms with Crippen molar-refractivity contribution in [3.63, 3.8) is 0 Å². The standard InChI is InChI=1S/C7H5BrF3NO.C7H6BrNO3.C7H8BrN.C6H3BrClNO2.2C6H5BrFN/c8-4-1-2-6(5(12)3-4)13-7(9,10)11;1-12-7-3-2-5(9(10)11)4-6(7)8;1-5-2-3-6(9)4-7(5)8;7-5-3-4(9(10)11)1-2-6(5)8;7-5-3-4(9)1-2-6(5)8;7-4-1-2-5(8)6(9)3-4/h1-3H,12H2;2-4H,1H3;2-4H,9H2,1H3;1-3H;2*1-3H,9H2. The molecule has 6 aromatic carbocycles. The molecule has 0 amide bonds. The average Bonchev–Trinajstić information content (AvgIpc) is 3.19. The first kappa shape index (κ1) is 56.8. The van der Waals surface area contributed by atoms with E-state index in [1.165, 1.54) is 85.5 Å². The van der Waals surface area contributed by atoms with Crippen LogP contribution >= 0.6 is 107 Å². The number of nitro groups is 2. The number of halogens is 12. The van der Waals surface area contributed by atoms with E-state index in [4.69, 9.17) is 39.3 Å². The van der Waals surface area contributed by atoms with Crippen LogP contribution in [0.3, 0.4) is 0 Å². The van der Waals surface area contributed by atoms with Crippen LogP contribution < -0.4 is 32.4 Å². The predicted molar refractivity (Wildman–Crippen MR) is 259 cm³/mol. The highest BCUT2D eigenvalue weighted by Crippen LogP contribution is 2.31. The van der Waals surface area contributed by atoms with Crippen LogP contribution in [0.15, 0.2) is 136 Å². The molecule has 0 radical (unpaired) electrons. The zero-order chi connectivity index (χ0) is 48.2. The molecule has 0 bridgehead atoms. The van der Waals surface area contributed by atoms with Gasteiger partial charge in [-0.3, -0.25) is 20.2 Å². The lowest BCUT2D eigenvalue weighted by molar-refractivity contribution is -0.385. The molecule has 0 atom stereocenters. The molecule has 0 spiro atoms. The van der Waals surface area contributed by atoms with E-state index in [0.29, 0.717) is 34.4 Å². The molecule has 24 heteroatoms. The van der Waals surface area contributed by atoms with E-state index < -0.39 is 22.0 Å². The number of aryl methyl sites for hydroxylation is 1. The zero-order valence-electron chi connectivity index (χ0n) is 32.1. The van der Waals surface area contributed by atoms with Gasteiger partial charge in [0.05, 0.1) is 42.3 Å². The third-order valence-corrected chi connectivity index (χ3v) is 11.0. The summed E-state index contributed by atoms with van der Waals surface area (Å²) < 4.78 is 72.5. The van der Waals surface area contributed by atoms with Crippen LogP contribution in [-0.2, 0) is 0 Å². The van der Waals surface area contributed by atoms with Gasteiger partial charge in [0.2, 0.25) is 0 Å². The van der Waals surface area contributed by atoms with Gasteiger partial charge in [-0.15, -0.1) is 13.2 Å². The van der Waals surface area contributed by atoms with Gasteiger partial charge in [-0.2, -0.15) is 0 Å². The van der Waals surface area contributed by atoms with Crippen molar-refractivity contribution in [3.05, 3.63) is 178 Å². The van der Waals surface area contributed by atoms with Crippen LogP contribution in [0.4, 0.5) is 56.1 Å². The van der Waals surface area contributed by atoms with E-state index in [0.717, 1.165) is 20.7 Å². The Morgan fingerprint density at radius 3 is 1.43 bits per heavy atom. The highest BCUT2D eigenvalue weighted by Gasteiger charge is 2.31. The lowest BCUT2D eigenvalue weighted by atomic mass is 10.2. The van der Waals surface area contributed by atoms with Crippen molar-refractivity contribution >= 4 is 141 Å². The van der Waals surface area contributed by atoms with Crippen LogP contribution in [0.2, 0.25) is 5.02 Å². The van der Waals surface area contributed by atoms with Crippen molar-refractivity contribution in [2.45, 2.75) is 13.3 Å². The molecule has 0 heterocycles. The smallest absolute Gasteiger partial charge is 0.496 e. The van der Waals surface area contributed by atoms with Gasteiger partial charge in [-0.25, -0.2) is 8.78 Å². The number of hydrogen-bond donors (Lipinski definition) is 4. The lowest BCUT2D eigenvalue weighted by Crippen LogP contribution is -2.17. The molecule has 0 fully saturated rings. The molecule has 6 aromatic rings. The summed E-state index contributed by atoms with van der Waals surface area (Å²) in [6.07, 6.45) is -4.71. The molecule has 338 valence electrons. The third-order valence-electron chi connectivity index (χ3n) is 6.76. The molecule has 0 unspecified atom stereocenters. The van der Waals surface area contributed by atoms with Crippen LogP contribution in [0.5, 0.6) is 11.5 Å². The number of hydrogen-bond acceptors (Lipinski definition) is 10. The summed E-state index contributed by atoms with van der Waals surface area (Å²) in [7, 11) is 1.51. The SMILES string of the molecule is COc1ccc([N+](=O)[O-])cc1Br.Cc1ccc(N)cc1Br.Nc1cc(Br)ccc1F.Nc1cc(Br)ccc1OC(F)(F)F.Nc1ccc(F)c(Br)c1.O=[N+]([O-])c1ccc(Cl)c(Br)c1. The molecule has 0 aliphatic heterocycles. The van der Waals surface area contributed by atoms with Gasteiger partial charge in [0.1, 0.15) is 17.4 Å². The Balaban J connectivity index is 0.000000380. The Labute approximate surface area is 412 Å². The van der Waals surface area contributed by atoms with Gasteiger partial charge in [-0.1, -0.05) is 65.5 Å². The first-order valence-corrected chi connectivity index (χ1v) is 21.7. The van der Waals surface area contributed by atoms with Crippen molar-refractivity contribution in [1.29, 1.82) is 0 Å². The average molecular weight is 1290 g/mol. The number of alkyl halides is 3. The maximum atomic E-state index is 12.4. The number of rotatable bonds is 4. The summed E-state index contributed by atoms with van der Waals surface area (Å²) in [4.78, 5) is 19.6. The molecule has 0 aromatic heterocycles. The Hall–Kier alpha value is -4.26. The van der Waals surface area contributed by atoms with Gasteiger partial charge >= 0.3 is 6.36 Å². The van der Waals surface area contributed by atoms with Crippen molar-refractivity contribution < 1.29 is 41.3 Å². The topological polar surface area (TPSA) is 209 Å². The molecular formula is C39H32Br6ClF5N6O6. The molecule has 0 aliphatic rings. The van der Waals surface area contributed by atoms with Crippen LogP contribution in [0, 0.1) is 38.8 Å². The van der Waals surface area contributed by atoms with Crippen molar-refractivity contribution in [2.24, 2.45) is 0 Å². The first-order chi connectivity index (χ1) is 29.2. The van der Waals surface area contributed by atoms with Gasteiger partial charge in [0.25, 0.3) is 11.4 Å². The molecule has 0 aliphatic carbocycles. The number of methoxy groups -OCH3 is 1. The number of ether oxygens (including phenoxy) is 2. The van der Waals surface area contributed by atoms with Crippen LogP contribution in [-0.4, -0.2) is 23.3 Å². The summed E-state index contributed by atoms with van der Waals surface area (Å²) >= 11 is 24.4. The first-order valence-electron chi connectivity index (χ1n) is 16.5. The second-order valence-corrected chi connectivity index (χ2v) is 17.2. The van der Waals surface area contributed by atoms with Gasteiger partial charge < -0.3 is 32.4 Å². The van der Waals surface area contributed by atoms with Gasteiger partial charge in [-0.05, 0) is 139 Å². The fourth-order valence-corrected chi connectivity index (χ4v) is 6.30. The molecule has 63 heavy (non-hydrogen) atoms. The summed E-state index contributed by atoms with van der Waals surface area (Å²) in [5.74, 6) is -0.473. The van der Waals surface area contributed by atoms with Crippen molar-refractivity contribution in [1.82, 2.24) is 0 Å².